The molecule has 0 amide bonds. The van der Waals surface area contributed by atoms with E-state index in [4.69, 9.17) is 12.6 Å². The first-order chi connectivity index (χ1) is 22.5. The van der Waals surface area contributed by atoms with E-state index in [9.17, 15) is 8.00 Å². The molecule has 0 N–H and O–H groups in total. The molecule has 0 unspecified atom stereocenters. The molecule has 0 radical (unpaired) electrons. The van der Waals surface area contributed by atoms with Crippen molar-refractivity contribution in [1.29, 1.82) is 5.26 Å². The molecule has 196 valence electrons. The monoisotopic (exact) mass is 545 g/mol. The molecule has 0 atom stereocenters. The van der Waals surface area contributed by atoms with Crippen molar-refractivity contribution >= 4 is 40.4 Å². The summed E-state index contributed by atoms with van der Waals surface area (Å²) in [6, 6.07) is 30.0. The summed E-state index contributed by atoms with van der Waals surface area (Å²) in [4.78, 5) is 0. The molecule has 3 nitrogen and oxygen atoms in total. The second kappa shape index (κ2) is 9.93. The summed E-state index contributed by atoms with van der Waals surface area (Å²) in [6.45, 7) is -1.50. The number of rotatable bonds is 5. The van der Waals surface area contributed by atoms with Crippen molar-refractivity contribution in [2.75, 3.05) is 0 Å². The number of hydrogen-bond donors (Lipinski definition) is 0. The van der Waals surface area contributed by atoms with Gasteiger partial charge in [-0.1, -0.05) is 102 Å². The van der Waals surface area contributed by atoms with Gasteiger partial charge in [-0.25, -0.2) is 4.57 Å². The lowest BCUT2D eigenvalue weighted by atomic mass is 9.98. The first-order valence-electron chi connectivity index (χ1n) is 17.1. The Labute approximate surface area is 248 Å². The van der Waals surface area contributed by atoms with Gasteiger partial charge in [0, 0.05) is 33.4 Å². The first-order valence-corrected chi connectivity index (χ1v) is 15.6. The van der Waals surface area contributed by atoms with Crippen molar-refractivity contribution in [2.45, 2.75) is 33.2 Å². The van der Waals surface area contributed by atoms with Crippen LogP contribution in [-0.2, 0) is 13.0 Å². The minimum absolute atomic E-state index is 0.0909. The highest BCUT2D eigenvalue weighted by atomic mass is 28.3. The summed E-state index contributed by atoms with van der Waals surface area (Å²) in [5, 5.41) is 13.7. The Morgan fingerprint density at radius 3 is 2.10 bits per heavy atom. The summed E-state index contributed by atoms with van der Waals surface area (Å²) in [6.07, 6.45) is 1.33. The molecule has 0 fully saturated rings. The number of nitriles is 1. The minimum atomic E-state index is -3.23. The summed E-state index contributed by atoms with van der Waals surface area (Å²) in [5.74, 6) is -1.96. The first kappa shape index (κ1) is 18.0. The molecule has 4 heteroatoms. The van der Waals surface area contributed by atoms with E-state index in [1.165, 1.54) is 12.3 Å². The summed E-state index contributed by atoms with van der Waals surface area (Å²) in [5.41, 5.74) is 2.14. The third kappa shape index (κ3) is 4.15. The molecule has 0 aliphatic rings. The maximum absolute atomic E-state index is 10.6. The zero-order chi connectivity index (χ0) is 34.8. The summed E-state index contributed by atoms with van der Waals surface area (Å²) >= 11 is 0. The maximum atomic E-state index is 10.6. The molecule has 6 aromatic rings. The van der Waals surface area contributed by atoms with Crippen LogP contribution in [0.4, 0.5) is 0 Å². The van der Waals surface area contributed by atoms with Crippen LogP contribution in [-0.4, -0.2) is 8.07 Å². The fraction of sp³-hybridized carbons (Fsp3) is 0.167. The lowest BCUT2D eigenvalue weighted by Gasteiger charge is -2.29. The molecule has 0 bridgehead atoms. The Morgan fingerprint density at radius 2 is 1.48 bits per heavy atom. The average Bonchev–Trinajstić information content (AvgIpc) is 3.42. The van der Waals surface area contributed by atoms with E-state index < -0.39 is 27.8 Å². The molecule has 0 saturated carbocycles. The molecule has 40 heavy (non-hydrogen) atoms. The van der Waals surface area contributed by atoms with Crippen LogP contribution in [0.25, 0.3) is 33.2 Å². The van der Waals surface area contributed by atoms with E-state index in [2.05, 4.69) is 6.07 Å². The van der Waals surface area contributed by atoms with Crippen LogP contribution < -0.4 is 14.9 Å². The van der Waals surface area contributed by atoms with Gasteiger partial charge in [0.1, 0.15) is 26.8 Å². The Morgan fingerprint density at radius 1 is 0.850 bits per heavy atom. The standard InChI is InChI=1S/C36H33N2OSi/c1-24-16-18-31-30-19-17-27(23-40(5,28-12-8-6-9-13-28)29-14-10-7-11-15-29)32(21-37)35(30)39-36(31)34(24)33-20-25(2)26(3)22-38(33)4/h6-20,22H,23H2,1-5H3/q+1/i2D3,3D3,23D2. The van der Waals surface area contributed by atoms with E-state index in [1.807, 2.05) is 86.3 Å². The van der Waals surface area contributed by atoms with Gasteiger partial charge in [0.2, 0.25) is 5.69 Å². The molecule has 0 aliphatic carbocycles. The van der Waals surface area contributed by atoms with E-state index in [0.717, 1.165) is 15.9 Å². The van der Waals surface area contributed by atoms with Crippen molar-refractivity contribution in [1.82, 2.24) is 0 Å². The fourth-order valence-electron chi connectivity index (χ4n) is 5.56. The second-order valence-corrected chi connectivity index (χ2v) is 13.9. The SMILES string of the molecule is [2H]C([2H])([2H])c1cc(-c2c(C)ccc3c2oc2c(C#N)c(C([2H])([2H])[Si](C)(c4ccccc4)c4ccccc4)ccc23)[n+](C)cc1C([2H])([2H])[2H]. The molecular weight excluding hydrogens is 504 g/mol. The van der Waals surface area contributed by atoms with Crippen molar-refractivity contribution < 1.29 is 20.0 Å². The molecule has 0 aliphatic heterocycles. The highest BCUT2D eigenvalue weighted by Crippen LogP contribution is 2.39. The maximum Gasteiger partial charge on any atom is 0.216 e. The predicted molar refractivity (Wildman–Crippen MR) is 167 cm³/mol. The molecule has 2 aromatic heterocycles. The molecule has 4 aromatic carbocycles. The molecule has 0 saturated heterocycles. The summed E-state index contributed by atoms with van der Waals surface area (Å²) in [7, 11) is -1.58. The Bertz CT molecular complexity index is 2200. The van der Waals surface area contributed by atoms with E-state index in [1.54, 1.807) is 23.7 Å². The van der Waals surface area contributed by atoms with E-state index in [0.29, 0.717) is 27.6 Å². The average molecular weight is 546 g/mol. The molecular formula is C36H33N2OSi+. The van der Waals surface area contributed by atoms with Crippen molar-refractivity contribution in [3.63, 3.8) is 0 Å². The van der Waals surface area contributed by atoms with Gasteiger partial charge < -0.3 is 4.42 Å². The molecule has 2 heterocycles. The highest BCUT2D eigenvalue weighted by molar-refractivity contribution is 7.00. The lowest BCUT2D eigenvalue weighted by molar-refractivity contribution is -0.660. The number of nitrogens with zero attached hydrogens (tertiary/aromatic N) is 2. The van der Waals surface area contributed by atoms with Crippen LogP contribution >= 0.6 is 0 Å². The topological polar surface area (TPSA) is 40.8 Å². The number of pyridine rings is 1. The van der Waals surface area contributed by atoms with Crippen molar-refractivity contribution in [2.24, 2.45) is 7.05 Å². The van der Waals surface area contributed by atoms with Gasteiger partial charge in [-0.05, 0) is 43.3 Å². The number of furan rings is 1. The number of fused-ring (bicyclic) bond motifs is 3. The van der Waals surface area contributed by atoms with Crippen LogP contribution in [0.3, 0.4) is 0 Å². The molecule has 0 spiro atoms. The smallest absolute Gasteiger partial charge is 0.216 e. The van der Waals surface area contributed by atoms with Crippen molar-refractivity contribution in [3.8, 4) is 17.3 Å². The zero-order valence-corrected chi connectivity index (χ0v) is 23.5. The van der Waals surface area contributed by atoms with E-state index in [-0.39, 0.29) is 27.8 Å². The normalized spacial score (nSPS) is 15.7. The minimum Gasteiger partial charge on any atom is -0.454 e. The van der Waals surface area contributed by atoms with Crippen molar-refractivity contribution in [3.05, 3.63) is 125 Å². The summed E-state index contributed by atoms with van der Waals surface area (Å²) < 4.78 is 76.0. The van der Waals surface area contributed by atoms with Gasteiger partial charge in [0.25, 0.3) is 0 Å². The van der Waals surface area contributed by atoms with Crippen LogP contribution in [0.15, 0.2) is 102 Å². The van der Waals surface area contributed by atoms with E-state index >= 15 is 0 Å². The van der Waals surface area contributed by atoms with Gasteiger partial charge in [0.05, 0.1) is 11.1 Å². The number of benzene rings is 4. The van der Waals surface area contributed by atoms with Gasteiger partial charge in [0.15, 0.2) is 11.8 Å². The largest absolute Gasteiger partial charge is 0.454 e. The van der Waals surface area contributed by atoms with Crippen LogP contribution in [0.5, 0.6) is 0 Å². The Hall–Kier alpha value is -4.46. The zero-order valence-electron chi connectivity index (χ0n) is 30.5. The predicted octanol–water partition coefficient (Wildman–Crippen LogP) is 6.85. The van der Waals surface area contributed by atoms with Gasteiger partial charge in [-0.3, -0.25) is 0 Å². The van der Waals surface area contributed by atoms with Crippen LogP contribution in [0.2, 0.25) is 6.55 Å². The molecule has 6 rings (SSSR count). The third-order valence-corrected chi connectivity index (χ3v) is 11.5. The van der Waals surface area contributed by atoms with Crippen LogP contribution in [0, 0.1) is 32.0 Å². The van der Waals surface area contributed by atoms with Crippen LogP contribution in [0.1, 0.15) is 38.8 Å². The fourth-order valence-corrected chi connectivity index (χ4v) is 8.64. The third-order valence-electron chi connectivity index (χ3n) is 7.75. The Kier molecular flexibility index (Phi) is 4.47. The van der Waals surface area contributed by atoms with Gasteiger partial charge in [-0.15, -0.1) is 0 Å². The number of aromatic nitrogens is 1. The number of aryl methyl sites for hydroxylation is 4. The van der Waals surface area contributed by atoms with Gasteiger partial charge in [-0.2, -0.15) is 5.26 Å². The quantitative estimate of drug-likeness (QED) is 0.176. The second-order valence-electron chi connectivity index (χ2n) is 10.3. The Balaban J connectivity index is 1.64. The van der Waals surface area contributed by atoms with Gasteiger partial charge >= 0.3 is 0 Å². The number of hydrogen-bond acceptors (Lipinski definition) is 2. The highest BCUT2D eigenvalue weighted by Gasteiger charge is 2.33. The lowest BCUT2D eigenvalue weighted by Crippen LogP contribution is -2.57.